The number of benzene rings is 1. The second kappa shape index (κ2) is 6.72. The number of hydrogen-bond acceptors (Lipinski definition) is 4. The first-order valence-corrected chi connectivity index (χ1v) is 7.19. The first-order chi connectivity index (χ1) is 10.0. The Labute approximate surface area is 124 Å². The molecule has 0 radical (unpaired) electrons. The minimum atomic E-state index is -0.611. The molecule has 2 amide bonds. The fourth-order valence-electron chi connectivity index (χ4n) is 2.52. The minimum Gasteiger partial charge on any atom is -0.447 e. The van der Waals surface area contributed by atoms with Crippen LogP contribution in [0, 0.1) is 11.8 Å². The summed E-state index contributed by atoms with van der Waals surface area (Å²) in [5.41, 5.74) is 1.05. The van der Waals surface area contributed by atoms with Crippen molar-refractivity contribution in [1.82, 2.24) is 4.90 Å². The molecule has 5 heteroatoms. The van der Waals surface area contributed by atoms with Crippen LogP contribution in [0.5, 0.6) is 0 Å². The van der Waals surface area contributed by atoms with E-state index in [-0.39, 0.29) is 31.1 Å². The van der Waals surface area contributed by atoms with Gasteiger partial charge < -0.3 is 9.84 Å². The lowest BCUT2D eigenvalue weighted by Crippen LogP contribution is -2.45. The number of hydrogen-bond donors (Lipinski definition) is 1. The number of aliphatic hydroxyl groups excluding tert-OH is 1. The van der Waals surface area contributed by atoms with E-state index in [0.29, 0.717) is 6.42 Å². The zero-order chi connectivity index (χ0) is 15.4. The van der Waals surface area contributed by atoms with Crippen molar-refractivity contribution in [3.63, 3.8) is 0 Å². The lowest BCUT2D eigenvalue weighted by molar-refractivity contribution is -0.136. The van der Waals surface area contributed by atoms with E-state index in [0.717, 1.165) is 5.56 Å². The van der Waals surface area contributed by atoms with Crippen LogP contribution >= 0.6 is 0 Å². The lowest BCUT2D eigenvalue weighted by Gasteiger charge is -2.25. The highest BCUT2D eigenvalue weighted by atomic mass is 16.6. The average molecular weight is 291 g/mol. The Morgan fingerprint density at radius 2 is 2.05 bits per heavy atom. The van der Waals surface area contributed by atoms with Crippen molar-refractivity contribution < 1.29 is 19.4 Å². The Morgan fingerprint density at radius 1 is 1.38 bits per heavy atom. The third-order valence-electron chi connectivity index (χ3n) is 3.83. The molecule has 0 bridgehead atoms. The molecule has 5 nitrogen and oxygen atoms in total. The number of cyclic esters (lactones) is 1. The predicted molar refractivity (Wildman–Crippen MR) is 77.5 cm³/mol. The maximum atomic E-state index is 12.5. The summed E-state index contributed by atoms with van der Waals surface area (Å²) < 4.78 is 5.03. The Morgan fingerprint density at radius 3 is 2.62 bits per heavy atom. The summed E-state index contributed by atoms with van der Waals surface area (Å²) >= 11 is 0. The zero-order valence-corrected chi connectivity index (χ0v) is 12.4. The quantitative estimate of drug-likeness (QED) is 0.899. The van der Waals surface area contributed by atoms with E-state index >= 15 is 0 Å². The van der Waals surface area contributed by atoms with Crippen molar-refractivity contribution in [2.75, 3.05) is 13.2 Å². The van der Waals surface area contributed by atoms with Crippen molar-refractivity contribution in [3.05, 3.63) is 35.9 Å². The molecule has 2 rings (SSSR count). The molecule has 1 fully saturated rings. The number of aliphatic hydroxyl groups is 1. The van der Waals surface area contributed by atoms with E-state index in [1.54, 1.807) is 0 Å². The smallest absolute Gasteiger partial charge is 0.416 e. The molecule has 1 aromatic rings. The third kappa shape index (κ3) is 3.42. The fraction of sp³-hybridized carbons (Fsp3) is 0.500. The second-order valence-corrected chi connectivity index (χ2v) is 5.66. The van der Waals surface area contributed by atoms with Gasteiger partial charge in [-0.25, -0.2) is 9.69 Å². The molecule has 2 atom stereocenters. The lowest BCUT2D eigenvalue weighted by atomic mass is 9.94. The van der Waals surface area contributed by atoms with Gasteiger partial charge in [0.25, 0.3) is 0 Å². The minimum absolute atomic E-state index is 0.0340. The average Bonchev–Trinajstić information content (AvgIpc) is 2.81. The van der Waals surface area contributed by atoms with Gasteiger partial charge in [0.1, 0.15) is 6.61 Å². The van der Waals surface area contributed by atoms with Gasteiger partial charge in [-0.2, -0.15) is 0 Å². The van der Waals surface area contributed by atoms with E-state index in [1.807, 2.05) is 44.2 Å². The maximum Gasteiger partial charge on any atom is 0.416 e. The van der Waals surface area contributed by atoms with Crippen LogP contribution in [0.15, 0.2) is 30.3 Å². The highest BCUT2D eigenvalue weighted by Crippen LogP contribution is 2.22. The number of amides is 2. The Balaban J connectivity index is 2.15. The van der Waals surface area contributed by atoms with Gasteiger partial charge in [0.15, 0.2) is 0 Å². The number of ether oxygens (including phenoxy) is 1. The van der Waals surface area contributed by atoms with Crippen LogP contribution in [0.3, 0.4) is 0 Å². The van der Waals surface area contributed by atoms with Gasteiger partial charge in [0, 0.05) is 0 Å². The van der Waals surface area contributed by atoms with Gasteiger partial charge >= 0.3 is 6.09 Å². The van der Waals surface area contributed by atoms with Crippen molar-refractivity contribution in [2.24, 2.45) is 11.8 Å². The van der Waals surface area contributed by atoms with Gasteiger partial charge in [-0.1, -0.05) is 44.2 Å². The highest BCUT2D eigenvalue weighted by molar-refractivity contribution is 5.95. The van der Waals surface area contributed by atoms with Crippen molar-refractivity contribution in [2.45, 2.75) is 26.3 Å². The SMILES string of the molecule is CC(C)[C@@H](CO)C(=O)N1C(=O)OCC1Cc1ccccc1. The number of imide groups is 1. The first-order valence-electron chi connectivity index (χ1n) is 7.19. The molecular weight excluding hydrogens is 270 g/mol. The molecule has 1 unspecified atom stereocenters. The summed E-state index contributed by atoms with van der Waals surface area (Å²) in [6, 6.07) is 9.37. The fourth-order valence-corrected chi connectivity index (χ4v) is 2.52. The van der Waals surface area contributed by atoms with Crippen LogP contribution in [0.4, 0.5) is 4.79 Å². The normalized spacial score (nSPS) is 19.7. The third-order valence-corrected chi connectivity index (χ3v) is 3.83. The van der Waals surface area contributed by atoms with Crippen molar-refractivity contribution in [1.29, 1.82) is 0 Å². The van der Waals surface area contributed by atoms with Gasteiger partial charge in [-0.15, -0.1) is 0 Å². The molecule has 1 N–H and O–H groups in total. The van der Waals surface area contributed by atoms with Gasteiger partial charge in [0.05, 0.1) is 18.6 Å². The number of carbonyl (C=O) groups excluding carboxylic acids is 2. The molecule has 0 aromatic heterocycles. The topological polar surface area (TPSA) is 66.8 Å². The molecule has 1 aliphatic heterocycles. The van der Waals surface area contributed by atoms with Crippen LogP contribution in [-0.4, -0.2) is 41.3 Å². The highest BCUT2D eigenvalue weighted by Gasteiger charge is 2.41. The van der Waals surface area contributed by atoms with Gasteiger partial charge in [0.2, 0.25) is 5.91 Å². The molecule has 114 valence electrons. The number of nitrogens with zero attached hydrogens (tertiary/aromatic N) is 1. The zero-order valence-electron chi connectivity index (χ0n) is 12.4. The first kappa shape index (κ1) is 15.5. The molecule has 1 aliphatic rings. The molecule has 1 saturated heterocycles. The number of rotatable bonds is 5. The summed E-state index contributed by atoms with van der Waals surface area (Å²) in [6.07, 6.45) is -0.0470. The molecule has 0 aliphatic carbocycles. The van der Waals surface area contributed by atoms with Crippen LogP contribution < -0.4 is 0 Å². The van der Waals surface area contributed by atoms with Crippen LogP contribution in [0.2, 0.25) is 0 Å². The van der Waals surface area contributed by atoms with E-state index in [4.69, 9.17) is 4.74 Å². The standard InChI is InChI=1S/C16H21NO4/c1-11(2)14(9-18)15(19)17-13(10-21-16(17)20)8-12-6-4-3-5-7-12/h3-7,11,13-14,18H,8-10H2,1-2H3/t13?,14-/m1/s1. The van der Waals surface area contributed by atoms with E-state index < -0.39 is 12.0 Å². The van der Waals surface area contributed by atoms with Crippen LogP contribution in [-0.2, 0) is 16.0 Å². The molecule has 1 aromatic carbocycles. The summed E-state index contributed by atoms with van der Waals surface area (Å²) in [5, 5.41) is 9.39. The largest absolute Gasteiger partial charge is 0.447 e. The van der Waals surface area contributed by atoms with E-state index in [1.165, 1.54) is 4.90 Å². The van der Waals surface area contributed by atoms with Crippen LogP contribution in [0.1, 0.15) is 19.4 Å². The van der Waals surface area contributed by atoms with Gasteiger partial charge in [-0.3, -0.25) is 4.79 Å². The Bertz CT molecular complexity index is 500. The summed E-state index contributed by atoms with van der Waals surface area (Å²) in [7, 11) is 0. The van der Waals surface area contributed by atoms with E-state index in [9.17, 15) is 14.7 Å². The van der Waals surface area contributed by atoms with Crippen molar-refractivity contribution in [3.8, 4) is 0 Å². The summed E-state index contributed by atoms with van der Waals surface area (Å²) in [5.74, 6) is -0.960. The molecule has 21 heavy (non-hydrogen) atoms. The Hall–Kier alpha value is -1.88. The second-order valence-electron chi connectivity index (χ2n) is 5.66. The Kier molecular flexibility index (Phi) is 4.96. The molecule has 1 heterocycles. The van der Waals surface area contributed by atoms with Gasteiger partial charge in [-0.05, 0) is 17.9 Å². The monoisotopic (exact) mass is 291 g/mol. The predicted octanol–water partition coefficient (Wildman–Crippen LogP) is 1.84. The molecular formula is C16H21NO4. The summed E-state index contributed by atoms with van der Waals surface area (Å²) in [4.78, 5) is 25.5. The maximum absolute atomic E-state index is 12.5. The van der Waals surface area contributed by atoms with E-state index in [2.05, 4.69) is 0 Å². The van der Waals surface area contributed by atoms with Crippen LogP contribution in [0.25, 0.3) is 0 Å². The molecule has 0 saturated carbocycles. The van der Waals surface area contributed by atoms with Crippen molar-refractivity contribution >= 4 is 12.0 Å². The summed E-state index contributed by atoms with van der Waals surface area (Å²) in [6.45, 7) is 3.65. The molecule has 0 spiro atoms. The number of carbonyl (C=O) groups is 2.